The van der Waals surface area contributed by atoms with Crippen molar-refractivity contribution in [3.63, 3.8) is 0 Å². The summed E-state index contributed by atoms with van der Waals surface area (Å²) in [5, 5.41) is 2.48. The Morgan fingerprint density at radius 2 is 0.796 bits per heavy atom. The number of ether oxygens (including phenoxy) is 1. The fourth-order valence-corrected chi connectivity index (χ4v) is 17.1. The van der Waals surface area contributed by atoms with Gasteiger partial charge in [0, 0.05) is 39.3 Å². The first kappa shape index (κ1) is 65.6. The van der Waals surface area contributed by atoms with Crippen LogP contribution in [0.2, 0.25) is 0 Å². The normalized spacial score (nSPS) is 13.9. The van der Waals surface area contributed by atoms with Gasteiger partial charge in [-0.2, -0.15) is 0 Å². The van der Waals surface area contributed by atoms with Crippen LogP contribution >= 0.6 is 0 Å². The number of hydrogen-bond donors (Lipinski definition) is 0. The summed E-state index contributed by atoms with van der Waals surface area (Å²) in [4.78, 5) is 2.68. The van der Waals surface area contributed by atoms with Crippen LogP contribution in [0.3, 0.4) is 0 Å². The third-order valence-electron chi connectivity index (χ3n) is 22.7. The third-order valence-corrected chi connectivity index (χ3v) is 22.7. The van der Waals surface area contributed by atoms with Crippen LogP contribution in [0.1, 0.15) is 154 Å². The van der Waals surface area contributed by atoms with Gasteiger partial charge in [-0.25, -0.2) is 0 Å². The number of fused-ring (bicyclic) bond motifs is 10. The standard InChI is InChI=1S/C99H91BN2O/c1-94(2,3)69-45-48-85-80(56-69)81-57-70(95(4,5)6)46-49-86(81)101(85)74-60-88-92-90(61-74)103-89-50-44-65(75-40-30-41-77-76-39-28-29-42-82(76)99(91(75)77,67-35-24-18-25-36-67)68-37-26-19-27-38-68)53-84(89)100(92)83-47-43-64(66-51-71(96(7,8)9)55-72(52-66)97(10,11)12)54-87(83)102(88)93-78(62-31-20-16-21-32-62)58-73(98(13,14)15)59-79(93)63-33-22-17-23-34-63/h16-61H,1-15H3. The van der Waals surface area contributed by atoms with Gasteiger partial charge in [0.1, 0.15) is 11.5 Å². The Balaban J connectivity index is 1.01. The molecule has 0 N–H and O–H groups in total. The van der Waals surface area contributed by atoms with Crippen molar-refractivity contribution < 1.29 is 4.74 Å². The number of rotatable bonds is 8. The Labute approximate surface area is 610 Å². The van der Waals surface area contributed by atoms with Gasteiger partial charge in [-0.3, -0.25) is 0 Å². The van der Waals surface area contributed by atoms with E-state index in [-0.39, 0.29) is 33.8 Å². The highest BCUT2D eigenvalue weighted by molar-refractivity contribution is 6.99. The van der Waals surface area contributed by atoms with E-state index in [2.05, 4.69) is 392 Å². The van der Waals surface area contributed by atoms with E-state index in [9.17, 15) is 0 Å². The Bertz CT molecular complexity index is 5520. The zero-order chi connectivity index (χ0) is 71.4. The van der Waals surface area contributed by atoms with E-state index in [0.29, 0.717) is 0 Å². The molecule has 506 valence electrons. The second kappa shape index (κ2) is 23.7. The van der Waals surface area contributed by atoms with Crippen molar-refractivity contribution in [1.29, 1.82) is 0 Å². The molecule has 3 nitrogen and oxygen atoms in total. The smallest absolute Gasteiger partial charge is 0.256 e. The van der Waals surface area contributed by atoms with Gasteiger partial charge >= 0.3 is 0 Å². The summed E-state index contributed by atoms with van der Waals surface area (Å²) in [7, 11) is 0. The maximum absolute atomic E-state index is 7.86. The molecule has 0 bridgehead atoms. The summed E-state index contributed by atoms with van der Waals surface area (Å²) >= 11 is 0. The molecular weight excluding hydrogens is 1240 g/mol. The van der Waals surface area contributed by atoms with Crippen LogP contribution in [0.15, 0.2) is 279 Å². The van der Waals surface area contributed by atoms with Crippen molar-refractivity contribution in [3.05, 3.63) is 329 Å². The molecular formula is C99H91BN2O. The highest BCUT2D eigenvalue weighted by Crippen LogP contribution is 2.60. The van der Waals surface area contributed by atoms with Gasteiger partial charge < -0.3 is 14.2 Å². The van der Waals surface area contributed by atoms with E-state index >= 15 is 0 Å². The van der Waals surface area contributed by atoms with Gasteiger partial charge in [0.2, 0.25) is 0 Å². The predicted octanol–water partition coefficient (Wildman–Crippen LogP) is 24.7. The summed E-state index contributed by atoms with van der Waals surface area (Å²) in [5.74, 6) is 1.69. The van der Waals surface area contributed by atoms with E-state index in [4.69, 9.17) is 4.74 Å². The van der Waals surface area contributed by atoms with Gasteiger partial charge in [0.05, 0.1) is 27.8 Å². The lowest BCUT2D eigenvalue weighted by atomic mass is 9.34. The van der Waals surface area contributed by atoms with Crippen LogP contribution in [-0.4, -0.2) is 11.3 Å². The number of hydrogen-bond acceptors (Lipinski definition) is 2. The van der Waals surface area contributed by atoms with Crippen molar-refractivity contribution in [3.8, 4) is 72.8 Å². The van der Waals surface area contributed by atoms with E-state index in [1.807, 2.05) is 0 Å². The monoisotopic (exact) mass is 1330 g/mol. The van der Waals surface area contributed by atoms with Gasteiger partial charge in [0.25, 0.3) is 6.71 Å². The third kappa shape index (κ3) is 10.8. The molecule has 0 fully saturated rings. The number of aromatic nitrogens is 1. The average Bonchev–Trinajstić information content (AvgIpc) is 1.68. The van der Waals surface area contributed by atoms with Crippen molar-refractivity contribution in [2.24, 2.45) is 0 Å². The SMILES string of the molecule is CC(C)(C)c1cc(-c2ccc3c(c2)N(c2c(-c4ccccc4)cc(C(C)(C)C)cc2-c2ccccc2)c2cc(-n4c5ccc(C(C)(C)C)cc5c5cc(C(C)(C)C)ccc54)cc4c2B3c2cc(-c3cccc5c3C(c3ccccc3)(c3ccccc3)c3ccccc3-5)ccc2O4)cc(C(C)(C)C)c1. The molecule has 0 radical (unpaired) electrons. The second-order valence-electron chi connectivity index (χ2n) is 34.5. The van der Waals surface area contributed by atoms with Crippen LogP contribution in [0.4, 0.5) is 17.1 Å². The zero-order valence-electron chi connectivity index (χ0n) is 62.4. The van der Waals surface area contributed by atoms with E-state index < -0.39 is 5.41 Å². The minimum absolute atomic E-state index is 0.0700. The quantitative estimate of drug-likeness (QED) is 0.141. The van der Waals surface area contributed by atoms with Crippen molar-refractivity contribution in [2.45, 2.75) is 136 Å². The fourth-order valence-electron chi connectivity index (χ4n) is 17.1. The predicted molar refractivity (Wildman–Crippen MR) is 439 cm³/mol. The van der Waals surface area contributed by atoms with Gasteiger partial charge in [0.15, 0.2) is 0 Å². The van der Waals surface area contributed by atoms with Crippen molar-refractivity contribution in [2.75, 3.05) is 4.90 Å². The lowest BCUT2D eigenvalue weighted by molar-refractivity contribution is 0.487. The van der Waals surface area contributed by atoms with E-state index in [1.165, 1.54) is 94.1 Å². The molecule has 3 heterocycles. The molecule has 0 atom stereocenters. The highest BCUT2D eigenvalue weighted by atomic mass is 16.5. The molecule has 103 heavy (non-hydrogen) atoms. The highest BCUT2D eigenvalue weighted by Gasteiger charge is 2.49. The molecule has 14 aromatic rings. The molecule has 0 amide bonds. The Hall–Kier alpha value is -10.7. The van der Waals surface area contributed by atoms with Crippen LogP contribution < -0.4 is 26.0 Å². The van der Waals surface area contributed by atoms with Gasteiger partial charge in [-0.15, -0.1) is 0 Å². The summed E-state index contributed by atoms with van der Waals surface area (Å²) < 4.78 is 10.4. The summed E-state index contributed by atoms with van der Waals surface area (Å²) in [6, 6.07) is 107. The van der Waals surface area contributed by atoms with E-state index in [0.717, 1.165) is 84.0 Å². The van der Waals surface area contributed by atoms with E-state index in [1.54, 1.807) is 0 Å². The van der Waals surface area contributed by atoms with Crippen molar-refractivity contribution >= 4 is 62.0 Å². The molecule has 13 aromatic carbocycles. The number of anilines is 3. The molecule has 2 aliphatic heterocycles. The average molecular weight is 1340 g/mol. The van der Waals surface area contributed by atoms with Crippen molar-refractivity contribution in [1.82, 2.24) is 4.57 Å². The van der Waals surface area contributed by atoms with Crippen LogP contribution in [0, 0.1) is 0 Å². The topological polar surface area (TPSA) is 17.4 Å². The first-order valence-corrected chi connectivity index (χ1v) is 37.1. The Morgan fingerprint density at radius 1 is 0.311 bits per heavy atom. The molecule has 1 aliphatic carbocycles. The summed E-state index contributed by atoms with van der Waals surface area (Å²) in [6.07, 6.45) is 0. The molecule has 0 saturated carbocycles. The molecule has 4 heteroatoms. The lowest BCUT2D eigenvalue weighted by Gasteiger charge is -2.42. The van der Waals surface area contributed by atoms with Crippen LogP contribution in [0.5, 0.6) is 11.5 Å². The van der Waals surface area contributed by atoms with Crippen LogP contribution in [-0.2, 0) is 32.5 Å². The molecule has 0 spiro atoms. The maximum atomic E-state index is 7.86. The Morgan fingerprint density at radius 3 is 1.34 bits per heavy atom. The largest absolute Gasteiger partial charge is 0.458 e. The molecule has 0 unspecified atom stereocenters. The van der Waals surface area contributed by atoms with Crippen LogP contribution in [0.25, 0.3) is 83.1 Å². The first-order chi connectivity index (χ1) is 49.2. The summed E-state index contributed by atoms with van der Waals surface area (Å²) in [6.45, 7) is 34.9. The molecule has 0 saturated heterocycles. The molecule has 3 aliphatic rings. The second-order valence-corrected chi connectivity index (χ2v) is 34.5. The number of benzene rings is 13. The lowest BCUT2D eigenvalue weighted by Crippen LogP contribution is -2.59. The minimum Gasteiger partial charge on any atom is -0.458 e. The molecule has 17 rings (SSSR count). The van der Waals surface area contributed by atoms with Gasteiger partial charge in [-0.1, -0.05) is 322 Å². The zero-order valence-corrected chi connectivity index (χ0v) is 62.4. The minimum atomic E-state index is -0.621. The Kier molecular flexibility index (Phi) is 15.1. The van der Waals surface area contributed by atoms with Gasteiger partial charge in [-0.05, 0) is 193 Å². The summed E-state index contributed by atoms with van der Waals surface area (Å²) in [5.41, 5.74) is 32.4. The first-order valence-electron chi connectivity index (χ1n) is 37.1. The number of nitrogens with zero attached hydrogens (tertiary/aromatic N) is 2. The molecule has 1 aromatic heterocycles. The fraction of sp³-hybridized carbons (Fsp3) is 0.212. The maximum Gasteiger partial charge on any atom is 0.256 e.